The first-order chi connectivity index (χ1) is 18.8. The lowest BCUT2D eigenvalue weighted by atomic mass is 10.0. The van der Waals surface area contributed by atoms with Gasteiger partial charge in [0.15, 0.2) is 0 Å². The second kappa shape index (κ2) is 14.5. The van der Waals surface area contributed by atoms with Gasteiger partial charge >= 0.3 is 5.97 Å². The van der Waals surface area contributed by atoms with Crippen molar-refractivity contribution in [2.24, 2.45) is 5.73 Å². The maximum absolute atomic E-state index is 11.0. The van der Waals surface area contributed by atoms with Gasteiger partial charge in [-0.1, -0.05) is 36.4 Å². The topological polar surface area (TPSA) is 138 Å². The lowest BCUT2D eigenvalue weighted by Crippen LogP contribution is -2.50. The van der Waals surface area contributed by atoms with Crippen LogP contribution >= 0.6 is 0 Å². The Labute approximate surface area is 228 Å². The number of carbonyl (C=O) groups is 1. The van der Waals surface area contributed by atoms with Crippen LogP contribution in [0.15, 0.2) is 79.0 Å². The molecule has 0 aliphatic carbocycles. The van der Waals surface area contributed by atoms with E-state index < -0.39 is 31.3 Å². The molecule has 4 aromatic rings. The van der Waals surface area contributed by atoms with Gasteiger partial charge in [0, 0.05) is 23.7 Å². The van der Waals surface area contributed by atoms with Crippen LogP contribution in [-0.2, 0) is 24.1 Å². The van der Waals surface area contributed by atoms with Crippen LogP contribution in [0.5, 0.6) is 5.75 Å². The van der Waals surface area contributed by atoms with E-state index in [4.69, 9.17) is 30.9 Å². The standard InChI is InChI=1S/C27H27NO3.C4H11NO3/c1-2-31-24-14-12-23(13-15-24)28-19-22(11-8-20-6-4-3-5-7-20)25-18-21(9-16-26(25)28)10-17-27(29)30;5-4(1-6,2-7)3-8/h3-7,9,12-16,18-19H,2,8,10-11,17H2,1H3,(H,29,30);6-8H,1-3,5H2. The molecule has 8 nitrogen and oxygen atoms in total. The average Bonchev–Trinajstić information content (AvgIpc) is 3.34. The third kappa shape index (κ3) is 8.40. The van der Waals surface area contributed by atoms with Crippen LogP contribution in [0.3, 0.4) is 0 Å². The van der Waals surface area contributed by atoms with Crippen molar-refractivity contribution in [2.75, 3.05) is 26.4 Å². The van der Waals surface area contributed by atoms with E-state index in [0.717, 1.165) is 35.4 Å². The van der Waals surface area contributed by atoms with Gasteiger partial charge in [-0.15, -0.1) is 0 Å². The number of aromatic nitrogens is 1. The number of nitrogens with zero attached hydrogens (tertiary/aromatic N) is 1. The molecule has 3 aromatic carbocycles. The summed E-state index contributed by atoms with van der Waals surface area (Å²) < 4.78 is 7.80. The van der Waals surface area contributed by atoms with Crippen LogP contribution in [0.25, 0.3) is 16.6 Å². The molecule has 0 atom stereocenters. The predicted molar refractivity (Wildman–Crippen MR) is 152 cm³/mol. The molecule has 0 bridgehead atoms. The molecule has 6 N–H and O–H groups in total. The summed E-state index contributed by atoms with van der Waals surface area (Å²) in [5.74, 6) is 0.0966. The van der Waals surface area contributed by atoms with Crippen molar-refractivity contribution in [3.63, 3.8) is 0 Å². The van der Waals surface area contributed by atoms with Crippen molar-refractivity contribution < 1.29 is 30.0 Å². The summed E-state index contributed by atoms with van der Waals surface area (Å²) in [7, 11) is 0. The summed E-state index contributed by atoms with van der Waals surface area (Å²) in [6, 6.07) is 24.9. The molecule has 0 amide bonds. The Kier molecular flexibility index (Phi) is 11.1. The number of benzene rings is 3. The number of ether oxygens (including phenoxy) is 1. The Morgan fingerprint density at radius 2 is 1.54 bits per heavy atom. The zero-order valence-corrected chi connectivity index (χ0v) is 22.3. The van der Waals surface area contributed by atoms with Crippen LogP contribution in [-0.4, -0.2) is 62.9 Å². The fourth-order valence-electron chi connectivity index (χ4n) is 4.11. The van der Waals surface area contributed by atoms with Gasteiger partial charge in [0.1, 0.15) is 5.75 Å². The highest BCUT2D eigenvalue weighted by atomic mass is 16.5. The van der Waals surface area contributed by atoms with Crippen LogP contribution in [0.4, 0.5) is 0 Å². The largest absolute Gasteiger partial charge is 0.494 e. The first-order valence-corrected chi connectivity index (χ1v) is 13.1. The molecule has 0 radical (unpaired) electrons. The molecular weight excluding hydrogens is 496 g/mol. The van der Waals surface area contributed by atoms with Crippen LogP contribution in [0, 0.1) is 0 Å². The van der Waals surface area contributed by atoms with Crippen molar-refractivity contribution in [3.05, 3.63) is 95.7 Å². The third-order valence-electron chi connectivity index (χ3n) is 6.48. The molecule has 0 unspecified atom stereocenters. The van der Waals surface area contributed by atoms with Gasteiger partial charge in [-0.05, 0) is 79.3 Å². The first-order valence-electron chi connectivity index (χ1n) is 13.1. The van der Waals surface area contributed by atoms with Gasteiger partial charge in [0.25, 0.3) is 0 Å². The molecule has 39 heavy (non-hydrogen) atoms. The molecule has 0 spiro atoms. The molecule has 0 aliphatic heterocycles. The van der Waals surface area contributed by atoms with E-state index in [9.17, 15) is 4.79 Å². The van der Waals surface area contributed by atoms with E-state index in [1.807, 2.05) is 31.2 Å². The minimum atomic E-state index is -1.21. The van der Waals surface area contributed by atoms with Crippen molar-refractivity contribution in [1.29, 1.82) is 0 Å². The van der Waals surface area contributed by atoms with Crippen molar-refractivity contribution in [3.8, 4) is 11.4 Å². The number of hydrogen-bond donors (Lipinski definition) is 5. The van der Waals surface area contributed by atoms with Gasteiger partial charge in [-0.2, -0.15) is 0 Å². The van der Waals surface area contributed by atoms with Gasteiger partial charge in [0.2, 0.25) is 0 Å². The highest BCUT2D eigenvalue weighted by Gasteiger charge is 2.20. The molecule has 0 saturated heterocycles. The number of fused-ring (bicyclic) bond motifs is 1. The third-order valence-corrected chi connectivity index (χ3v) is 6.48. The summed E-state index contributed by atoms with van der Waals surface area (Å²) >= 11 is 0. The minimum absolute atomic E-state index is 0.143. The number of carboxylic acid groups (broad SMARTS) is 1. The van der Waals surface area contributed by atoms with Crippen LogP contribution < -0.4 is 10.5 Å². The van der Waals surface area contributed by atoms with Crippen LogP contribution in [0.1, 0.15) is 30.0 Å². The highest BCUT2D eigenvalue weighted by molar-refractivity contribution is 5.86. The SMILES string of the molecule is CCOc1ccc(-n2cc(CCc3ccccc3)c3cc(CCC(=O)O)ccc32)cc1.NC(CO)(CO)CO. The van der Waals surface area contributed by atoms with Gasteiger partial charge in [-0.3, -0.25) is 4.79 Å². The number of nitrogens with two attached hydrogens (primary N) is 1. The number of aryl methyl sites for hydroxylation is 3. The number of carboxylic acids is 1. The maximum atomic E-state index is 11.0. The fraction of sp³-hybridized carbons (Fsp3) is 0.323. The Morgan fingerprint density at radius 1 is 0.872 bits per heavy atom. The number of aliphatic hydroxyl groups excluding tert-OH is 3. The Bertz CT molecular complexity index is 1310. The Hall–Kier alpha value is -3.69. The van der Waals surface area contributed by atoms with Crippen molar-refractivity contribution in [1.82, 2.24) is 4.57 Å². The summed E-state index contributed by atoms with van der Waals surface area (Å²) in [6.45, 7) is 1.42. The van der Waals surface area contributed by atoms with E-state index in [1.165, 1.54) is 16.5 Å². The van der Waals surface area contributed by atoms with Gasteiger partial charge in [-0.25, -0.2) is 0 Å². The quantitative estimate of drug-likeness (QED) is 0.188. The van der Waals surface area contributed by atoms with Gasteiger partial charge < -0.3 is 35.5 Å². The second-order valence-corrected chi connectivity index (χ2v) is 9.52. The van der Waals surface area contributed by atoms with Crippen molar-refractivity contribution >= 4 is 16.9 Å². The summed E-state index contributed by atoms with van der Waals surface area (Å²) in [5, 5.41) is 35.3. The Balaban J connectivity index is 0.000000459. The summed E-state index contributed by atoms with van der Waals surface area (Å²) in [6.07, 6.45) is 4.78. The fourth-order valence-corrected chi connectivity index (χ4v) is 4.11. The first kappa shape index (κ1) is 29.9. The molecule has 1 heterocycles. The molecule has 8 heteroatoms. The predicted octanol–water partition coefficient (Wildman–Crippen LogP) is 3.49. The zero-order valence-electron chi connectivity index (χ0n) is 22.3. The normalized spacial score (nSPS) is 11.2. The lowest BCUT2D eigenvalue weighted by Gasteiger charge is -2.20. The maximum Gasteiger partial charge on any atom is 0.303 e. The molecule has 208 valence electrons. The number of aliphatic hydroxyl groups is 3. The second-order valence-electron chi connectivity index (χ2n) is 9.52. The summed E-state index contributed by atoms with van der Waals surface area (Å²) in [5.41, 5.74) is 9.79. The highest BCUT2D eigenvalue weighted by Crippen LogP contribution is 2.28. The molecule has 0 aliphatic rings. The smallest absolute Gasteiger partial charge is 0.303 e. The van der Waals surface area contributed by atoms with E-state index in [1.54, 1.807) is 0 Å². The van der Waals surface area contributed by atoms with E-state index in [2.05, 4.69) is 59.3 Å². The molecular formula is C31H38N2O6. The Morgan fingerprint density at radius 3 is 2.10 bits per heavy atom. The number of hydrogen-bond acceptors (Lipinski definition) is 6. The number of rotatable bonds is 12. The number of aliphatic carboxylic acids is 1. The summed E-state index contributed by atoms with van der Waals surface area (Å²) in [4.78, 5) is 11.0. The lowest BCUT2D eigenvalue weighted by molar-refractivity contribution is -0.136. The average molecular weight is 535 g/mol. The minimum Gasteiger partial charge on any atom is -0.494 e. The molecule has 0 fully saturated rings. The van der Waals surface area contributed by atoms with Crippen molar-refractivity contribution in [2.45, 2.75) is 38.1 Å². The van der Waals surface area contributed by atoms with E-state index >= 15 is 0 Å². The molecule has 0 saturated carbocycles. The zero-order chi connectivity index (χ0) is 28.3. The van der Waals surface area contributed by atoms with Crippen LogP contribution in [0.2, 0.25) is 0 Å². The molecule has 4 rings (SSSR count). The van der Waals surface area contributed by atoms with E-state index in [-0.39, 0.29) is 6.42 Å². The van der Waals surface area contributed by atoms with Gasteiger partial charge in [0.05, 0.1) is 37.5 Å². The monoisotopic (exact) mass is 534 g/mol. The molecule has 1 aromatic heterocycles. The van der Waals surface area contributed by atoms with E-state index in [0.29, 0.717) is 13.0 Å².